The summed E-state index contributed by atoms with van der Waals surface area (Å²) < 4.78 is 9.08. The van der Waals surface area contributed by atoms with Gasteiger partial charge in [-0.3, -0.25) is 17.9 Å². The molecule has 0 aliphatic heterocycles. The second kappa shape index (κ2) is 17.3. The molecule has 4 aromatic heterocycles. The molecule has 0 bridgehead atoms. The molecule has 0 spiro atoms. The summed E-state index contributed by atoms with van der Waals surface area (Å²) in [5.41, 5.74) is 22.0. The van der Waals surface area contributed by atoms with Crippen LogP contribution in [0.2, 0.25) is 0 Å². The number of hydrogen-bond acceptors (Lipinski definition) is 3. The zero-order chi connectivity index (χ0) is 50.3. The van der Waals surface area contributed by atoms with E-state index in [1.54, 1.807) is 0 Å². The first kappa shape index (κ1) is 43.1. The first-order chi connectivity index (χ1) is 37.7. The number of nitrogens with zero attached hydrogens (tertiary/aromatic N) is 7. The van der Waals surface area contributed by atoms with E-state index < -0.39 is 0 Å². The zero-order valence-electron chi connectivity index (χ0n) is 41.0. The molecule has 4 heterocycles. The highest BCUT2D eigenvalue weighted by Gasteiger charge is 2.30. The summed E-state index contributed by atoms with van der Waals surface area (Å²) in [5, 5.41) is 12.2. The SMILES string of the molecule is N#Cc1c(-c2ccccc2)c(-n2c3ccc(-c4ccccc4)cc3n3c4cc(-c5ccccc5)ccc4nc23)cc(-c2ccccc2)c1-n1c2ccc(-c3ccccc3)cc2n2c3cc(-c4ccccc4)ccc3nc12. The molecule has 76 heavy (non-hydrogen) atoms. The van der Waals surface area contributed by atoms with Crippen molar-refractivity contribution in [2.24, 2.45) is 0 Å². The average Bonchev–Trinajstić information content (AvgIpc) is 4.27. The Labute approximate surface area is 437 Å². The van der Waals surface area contributed by atoms with Gasteiger partial charge in [-0.25, -0.2) is 9.97 Å². The molecule has 0 fully saturated rings. The van der Waals surface area contributed by atoms with Crippen molar-refractivity contribution in [1.82, 2.24) is 27.9 Å². The lowest BCUT2D eigenvalue weighted by Crippen LogP contribution is -2.08. The Bertz CT molecular complexity index is 4780. The highest BCUT2D eigenvalue weighted by Crippen LogP contribution is 2.46. The third-order valence-corrected chi connectivity index (χ3v) is 15.0. The first-order valence-electron chi connectivity index (χ1n) is 25.5. The molecule has 0 N–H and O–H groups in total. The minimum absolute atomic E-state index is 0.509. The van der Waals surface area contributed by atoms with Gasteiger partial charge in [-0.15, -0.1) is 0 Å². The summed E-state index contributed by atoms with van der Waals surface area (Å²) in [6.45, 7) is 0. The van der Waals surface area contributed by atoms with E-state index in [1.165, 1.54) is 0 Å². The van der Waals surface area contributed by atoms with Crippen LogP contribution in [0.3, 0.4) is 0 Å². The Hall–Kier alpha value is -10.6. The van der Waals surface area contributed by atoms with Crippen molar-refractivity contribution in [3.63, 3.8) is 0 Å². The van der Waals surface area contributed by atoms with E-state index in [0.717, 1.165) is 128 Å². The van der Waals surface area contributed by atoms with Crippen molar-refractivity contribution in [2.75, 3.05) is 0 Å². The quantitative estimate of drug-likeness (QED) is 0.152. The topological polar surface area (TPSA) is 68.2 Å². The van der Waals surface area contributed by atoms with Crippen LogP contribution >= 0.6 is 0 Å². The predicted octanol–water partition coefficient (Wildman–Crippen LogP) is 17.0. The lowest BCUT2D eigenvalue weighted by atomic mass is 9.90. The van der Waals surface area contributed by atoms with E-state index in [0.29, 0.717) is 11.3 Å². The summed E-state index contributed by atoms with van der Waals surface area (Å²) in [6, 6.07) is 94.4. The van der Waals surface area contributed by atoms with Gasteiger partial charge in [0.1, 0.15) is 6.07 Å². The van der Waals surface area contributed by atoms with Crippen molar-refractivity contribution < 1.29 is 0 Å². The number of rotatable bonds is 8. The number of benzene rings is 11. The molecule has 7 heteroatoms. The van der Waals surface area contributed by atoms with Crippen LogP contribution in [0.25, 0.3) is 134 Å². The Morgan fingerprint density at radius 2 is 0.658 bits per heavy atom. The predicted molar refractivity (Wildman–Crippen MR) is 310 cm³/mol. The van der Waals surface area contributed by atoms with E-state index in [9.17, 15) is 5.26 Å². The van der Waals surface area contributed by atoms with E-state index in [1.807, 2.05) is 24.3 Å². The molecule has 11 aromatic carbocycles. The van der Waals surface area contributed by atoms with Gasteiger partial charge in [0.2, 0.25) is 11.6 Å². The second-order valence-electron chi connectivity index (χ2n) is 19.3. The number of fused-ring (bicyclic) bond motifs is 10. The Balaban J connectivity index is 1.09. The van der Waals surface area contributed by atoms with Crippen molar-refractivity contribution in [2.45, 2.75) is 0 Å². The molecule has 354 valence electrons. The lowest BCUT2D eigenvalue weighted by Gasteiger charge is -2.22. The summed E-state index contributed by atoms with van der Waals surface area (Å²) in [7, 11) is 0. The molecule has 0 unspecified atom stereocenters. The van der Waals surface area contributed by atoms with Gasteiger partial charge in [0.25, 0.3) is 0 Å². The van der Waals surface area contributed by atoms with Crippen LogP contribution in [0.5, 0.6) is 0 Å². The van der Waals surface area contributed by atoms with Crippen molar-refractivity contribution in [3.05, 3.63) is 266 Å². The molecule has 15 rings (SSSR count). The summed E-state index contributed by atoms with van der Waals surface area (Å²) >= 11 is 0. The summed E-state index contributed by atoms with van der Waals surface area (Å²) in [6.07, 6.45) is 0. The molecule has 0 aliphatic carbocycles. The molecule has 0 saturated heterocycles. The minimum atomic E-state index is 0.509. The maximum atomic E-state index is 12.2. The zero-order valence-corrected chi connectivity index (χ0v) is 41.0. The van der Waals surface area contributed by atoms with E-state index in [2.05, 4.69) is 261 Å². The van der Waals surface area contributed by atoms with Crippen LogP contribution in [-0.4, -0.2) is 27.9 Å². The van der Waals surface area contributed by atoms with E-state index in [4.69, 9.17) is 9.97 Å². The van der Waals surface area contributed by atoms with Gasteiger partial charge in [0.15, 0.2) is 0 Å². The molecule has 15 aromatic rings. The van der Waals surface area contributed by atoms with Crippen LogP contribution in [0.15, 0.2) is 261 Å². The van der Waals surface area contributed by atoms with Crippen LogP contribution in [-0.2, 0) is 0 Å². The van der Waals surface area contributed by atoms with Gasteiger partial charge in [-0.2, -0.15) is 5.26 Å². The molecule has 0 atom stereocenters. The summed E-state index contributed by atoms with van der Waals surface area (Å²) in [4.78, 5) is 11.0. The Morgan fingerprint density at radius 1 is 0.303 bits per heavy atom. The van der Waals surface area contributed by atoms with Gasteiger partial charge in [-0.05, 0) is 110 Å². The molecule has 0 saturated carbocycles. The Morgan fingerprint density at radius 3 is 1.08 bits per heavy atom. The second-order valence-corrected chi connectivity index (χ2v) is 19.3. The fraction of sp³-hybridized carbons (Fsp3) is 0. The number of imidazole rings is 4. The maximum Gasteiger partial charge on any atom is 0.220 e. The average molecular weight is 970 g/mol. The minimum Gasteiger partial charge on any atom is -0.277 e. The van der Waals surface area contributed by atoms with Crippen molar-refractivity contribution >= 4 is 55.7 Å². The van der Waals surface area contributed by atoms with Crippen molar-refractivity contribution in [1.29, 1.82) is 5.26 Å². The molecular weight excluding hydrogens is 927 g/mol. The highest BCUT2D eigenvalue weighted by molar-refractivity contribution is 6.02. The standard InChI is InChI=1S/C69H43N7/c70-44-56-66(50-29-17-6-18-30-50)65(73-59-37-33-53(47-23-11-3-12-24-47)41-63(59)74-61-39-51(45-19-7-1-8-20-45)31-35-57(61)71-68(73)74)43-55(49-27-15-5-16-28-49)67(56)76-60-38-34-54(48-25-13-4-14-26-48)42-64(60)75-62-40-52(46-21-9-2-10-22-46)32-36-58(62)72-69(75)76/h1-43H. The number of nitriles is 1. The van der Waals surface area contributed by atoms with Crippen molar-refractivity contribution in [3.8, 4) is 84.2 Å². The van der Waals surface area contributed by atoms with Crippen LogP contribution in [0, 0.1) is 11.3 Å². The normalized spacial score (nSPS) is 11.7. The van der Waals surface area contributed by atoms with Gasteiger partial charge in [0, 0.05) is 11.1 Å². The van der Waals surface area contributed by atoms with Crippen LogP contribution in [0.4, 0.5) is 0 Å². The number of hydrogen-bond donors (Lipinski definition) is 0. The van der Waals surface area contributed by atoms with Crippen LogP contribution in [0.1, 0.15) is 5.56 Å². The summed E-state index contributed by atoms with van der Waals surface area (Å²) in [5.74, 6) is 1.45. The Kier molecular flexibility index (Phi) is 9.81. The van der Waals surface area contributed by atoms with Gasteiger partial charge in [0.05, 0.1) is 61.1 Å². The van der Waals surface area contributed by atoms with Gasteiger partial charge >= 0.3 is 0 Å². The molecule has 0 amide bonds. The molecule has 7 nitrogen and oxygen atoms in total. The highest BCUT2D eigenvalue weighted by atomic mass is 15.2. The fourth-order valence-electron chi connectivity index (χ4n) is 11.5. The van der Waals surface area contributed by atoms with Gasteiger partial charge in [-0.1, -0.05) is 206 Å². The van der Waals surface area contributed by atoms with Gasteiger partial charge < -0.3 is 0 Å². The maximum absolute atomic E-state index is 12.2. The third kappa shape index (κ3) is 6.75. The smallest absolute Gasteiger partial charge is 0.220 e. The van der Waals surface area contributed by atoms with Crippen LogP contribution < -0.4 is 0 Å². The number of aromatic nitrogens is 6. The molecular formula is C69H43N7. The van der Waals surface area contributed by atoms with E-state index >= 15 is 0 Å². The largest absolute Gasteiger partial charge is 0.277 e. The molecule has 0 radical (unpaired) electrons. The fourth-order valence-corrected chi connectivity index (χ4v) is 11.5. The van der Waals surface area contributed by atoms with E-state index in [-0.39, 0.29) is 0 Å². The monoisotopic (exact) mass is 969 g/mol. The first-order valence-corrected chi connectivity index (χ1v) is 25.5. The lowest BCUT2D eigenvalue weighted by molar-refractivity contribution is 1.08. The molecule has 0 aliphatic rings. The third-order valence-electron chi connectivity index (χ3n) is 15.0.